The molecule has 1 amide bonds. The van der Waals surface area contributed by atoms with E-state index in [1.165, 1.54) is 0 Å². The van der Waals surface area contributed by atoms with Gasteiger partial charge in [-0.3, -0.25) is 4.79 Å². The van der Waals surface area contributed by atoms with Crippen molar-refractivity contribution in [2.75, 3.05) is 19.8 Å². The first-order valence-corrected chi connectivity index (χ1v) is 7.72. The molecule has 0 bridgehead atoms. The lowest BCUT2D eigenvalue weighted by atomic mass is 10.2. The summed E-state index contributed by atoms with van der Waals surface area (Å²) in [5, 5.41) is 6.07. The Kier molecular flexibility index (Phi) is 7.06. The number of carbonyl (C=O) groups excluding carboxylic acids is 1. The summed E-state index contributed by atoms with van der Waals surface area (Å²) in [7, 11) is 0. The highest BCUT2D eigenvalue weighted by Crippen LogP contribution is 2.24. The van der Waals surface area contributed by atoms with Gasteiger partial charge in [-0.2, -0.15) is 0 Å². The van der Waals surface area contributed by atoms with E-state index < -0.39 is 0 Å². The van der Waals surface area contributed by atoms with Crippen molar-refractivity contribution in [1.29, 1.82) is 0 Å². The van der Waals surface area contributed by atoms with E-state index in [0.717, 1.165) is 17.1 Å². The van der Waals surface area contributed by atoms with Gasteiger partial charge in [0.2, 0.25) is 5.91 Å². The second-order valence-corrected chi connectivity index (χ2v) is 5.32. The van der Waals surface area contributed by atoms with E-state index in [4.69, 9.17) is 9.47 Å². The van der Waals surface area contributed by atoms with Gasteiger partial charge in [-0.15, -0.1) is 12.4 Å². The summed E-state index contributed by atoms with van der Waals surface area (Å²) in [6.07, 6.45) is 0. The minimum Gasteiger partial charge on any atom is -0.457 e. The summed E-state index contributed by atoms with van der Waals surface area (Å²) in [5.41, 5.74) is 0.932. The molecule has 1 aliphatic rings. The van der Waals surface area contributed by atoms with Gasteiger partial charge < -0.3 is 20.1 Å². The van der Waals surface area contributed by atoms with Crippen LogP contribution in [-0.4, -0.2) is 31.7 Å². The maximum absolute atomic E-state index is 12.1. The number of halogens is 1. The normalized spacial score (nSPS) is 16.8. The van der Waals surface area contributed by atoms with E-state index in [9.17, 15) is 4.79 Å². The average molecular weight is 349 g/mol. The van der Waals surface area contributed by atoms with Gasteiger partial charge in [0.05, 0.1) is 13.2 Å². The second-order valence-electron chi connectivity index (χ2n) is 5.32. The fourth-order valence-corrected chi connectivity index (χ4v) is 2.40. The van der Waals surface area contributed by atoms with Gasteiger partial charge in [-0.05, 0) is 18.2 Å². The van der Waals surface area contributed by atoms with E-state index >= 15 is 0 Å². The van der Waals surface area contributed by atoms with Crippen molar-refractivity contribution >= 4 is 18.3 Å². The van der Waals surface area contributed by atoms with Crippen molar-refractivity contribution in [3.05, 3.63) is 60.2 Å². The van der Waals surface area contributed by atoms with Crippen molar-refractivity contribution < 1.29 is 14.3 Å². The lowest BCUT2D eigenvalue weighted by Crippen LogP contribution is -2.51. The third-order valence-electron chi connectivity index (χ3n) is 3.63. The van der Waals surface area contributed by atoms with E-state index in [1.807, 2.05) is 54.6 Å². The maximum atomic E-state index is 12.1. The van der Waals surface area contributed by atoms with E-state index in [1.54, 1.807) is 0 Å². The number of benzene rings is 2. The molecule has 3 rings (SSSR count). The summed E-state index contributed by atoms with van der Waals surface area (Å²) < 4.78 is 11.2. The van der Waals surface area contributed by atoms with Crippen LogP contribution in [0.4, 0.5) is 0 Å². The molecule has 1 aliphatic heterocycles. The number of rotatable bonds is 5. The minimum atomic E-state index is -0.286. The standard InChI is InChI=1S/C18H20N2O3.ClH/c21-18(16-13-22-11-10-19-16)20-12-14-6-4-5-9-17(14)23-15-7-2-1-3-8-15;/h1-9,16,19H,10-13H2,(H,20,21);1H. The first-order chi connectivity index (χ1) is 11.3. The van der Waals surface area contributed by atoms with Crippen LogP contribution in [0.1, 0.15) is 5.56 Å². The molecule has 0 saturated carbocycles. The molecule has 128 valence electrons. The molecule has 1 atom stereocenters. The molecule has 1 unspecified atom stereocenters. The quantitative estimate of drug-likeness (QED) is 0.871. The third kappa shape index (κ3) is 4.96. The van der Waals surface area contributed by atoms with Gasteiger partial charge in [-0.25, -0.2) is 0 Å². The van der Waals surface area contributed by atoms with Crippen LogP contribution in [0, 0.1) is 0 Å². The van der Waals surface area contributed by atoms with E-state index in [2.05, 4.69) is 10.6 Å². The highest BCUT2D eigenvalue weighted by molar-refractivity contribution is 5.85. The Morgan fingerprint density at radius 2 is 1.92 bits per heavy atom. The predicted octanol–water partition coefficient (Wildman–Crippen LogP) is 2.51. The zero-order valence-electron chi connectivity index (χ0n) is 13.2. The number of carbonyl (C=O) groups is 1. The third-order valence-corrected chi connectivity index (χ3v) is 3.63. The Morgan fingerprint density at radius 3 is 2.67 bits per heavy atom. The number of ether oxygens (including phenoxy) is 2. The molecule has 2 aromatic rings. The Hall–Kier alpha value is -2.08. The molecule has 1 fully saturated rings. The molecule has 0 aromatic heterocycles. The summed E-state index contributed by atoms with van der Waals surface area (Å²) in [6.45, 7) is 2.18. The maximum Gasteiger partial charge on any atom is 0.239 e. The monoisotopic (exact) mass is 348 g/mol. The Balaban J connectivity index is 0.00000208. The first-order valence-electron chi connectivity index (χ1n) is 7.72. The van der Waals surface area contributed by atoms with Crippen molar-refractivity contribution in [3.63, 3.8) is 0 Å². The molecule has 24 heavy (non-hydrogen) atoms. The van der Waals surface area contributed by atoms with Gasteiger partial charge in [0, 0.05) is 18.7 Å². The number of nitrogens with one attached hydrogen (secondary N) is 2. The summed E-state index contributed by atoms with van der Waals surface area (Å²) in [6, 6.07) is 17.0. The summed E-state index contributed by atoms with van der Waals surface area (Å²) in [4.78, 5) is 12.1. The Labute approximate surface area is 147 Å². The second kappa shape index (κ2) is 9.27. The van der Waals surface area contributed by atoms with E-state index in [-0.39, 0.29) is 24.4 Å². The van der Waals surface area contributed by atoms with E-state index in [0.29, 0.717) is 26.3 Å². The van der Waals surface area contributed by atoms with Crippen molar-refractivity contribution in [2.45, 2.75) is 12.6 Å². The number of hydrogen-bond donors (Lipinski definition) is 2. The Morgan fingerprint density at radius 1 is 1.17 bits per heavy atom. The minimum absolute atomic E-state index is 0. The van der Waals surface area contributed by atoms with Gasteiger partial charge in [0.15, 0.2) is 0 Å². The molecule has 0 spiro atoms. The largest absolute Gasteiger partial charge is 0.457 e. The molecular weight excluding hydrogens is 328 g/mol. The van der Waals surface area contributed by atoms with Crippen molar-refractivity contribution in [2.24, 2.45) is 0 Å². The summed E-state index contributed by atoms with van der Waals surface area (Å²) in [5.74, 6) is 1.46. The number of para-hydroxylation sites is 2. The highest BCUT2D eigenvalue weighted by Gasteiger charge is 2.20. The zero-order valence-corrected chi connectivity index (χ0v) is 14.1. The van der Waals surface area contributed by atoms with Crippen LogP contribution in [0.25, 0.3) is 0 Å². The van der Waals surface area contributed by atoms with Crippen LogP contribution in [-0.2, 0) is 16.1 Å². The SMILES string of the molecule is Cl.O=C(NCc1ccccc1Oc1ccccc1)C1COCCN1. The topological polar surface area (TPSA) is 59.6 Å². The molecular formula is C18H21ClN2O3. The smallest absolute Gasteiger partial charge is 0.239 e. The van der Waals surface area contributed by atoms with Gasteiger partial charge in [0.25, 0.3) is 0 Å². The predicted molar refractivity (Wildman–Crippen MR) is 94.7 cm³/mol. The van der Waals surface area contributed by atoms with Crippen LogP contribution in [0.2, 0.25) is 0 Å². The van der Waals surface area contributed by atoms with Gasteiger partial charge >= 0.3 is 0 Å². The number of hydrogen-bond acceptors (Lipinski definition) is 4. The van der Waals surface area contributed by atoms with Crippen molar-refractivity contribution in [3.8, 4) is 11.5 Å². The molecule has 1 saturated heterocycles. The molecule has 5 nitrogen and oxygen atoms in total. The fourth-order valence-electron chi connectivity index (χ4n) is 2.40. The molecule has 0 radical (unpaired) electrons. The van der Waals surface area contributed by atoms with Crippen LogP contribution >= 0.6 is 12.4 Å². The lowest BCUT2D eigenvalue weighted by Gasteiger charge is -2.23. The fraction of sp³-hybridized carbons (Fsp3) is 0.278. The van der Waals surface area contributed by atoms with Gasteiger partial charge in [-0.1, -0.05) is 36.4 Å². The average Bonchev–Trinajstić information content (AvgIpc) is 2.62. The first kappa shape index (κ1) is 18.3. The molecule has 2 aromatic carbocycles. The molecule has 0 aliphatic carbocycles. The zero-order chi connectivity index (χ0) is 15.9. The van der Waals surface area contributed by atoms with Crippen LogP contribution in [0.3, 0.4) is 0 Å². The molecule has 1 heterocycles. The summed E-state index contributed by atoms with van der Waals surface area (Å²) >= 11 is 0. The lowest BCUT2D eigenvalue weighted by molar-refractivity contribution is -0.126. The molecule has 6 heteroatoms. The van der Waals surface area contributed by atoms with Crippen molar-refractivity contribution in [1.82, 2.24) is 10.6 Å². The number of amides is 1. The Bertz CT molecular complexity index is 646. The van der Waals surface area contributed by atoms with Crippen LogP contribution < -0.4 is 15.4 Å². The van der Waals surface area contributed by atoms with Crippen LogP contribution in [0.15, 0.2) is 54.6 Å². The molecule has 2 N–H and O–H groups in total. The van der Waals surface area contributed by atoms with Crippen LogP contribution in [0.5, 0.6) is 11.5 Å². The van der Waals surface area contributed by atoms with Gasteiger partial charge in [0.1, 0.15) is 17.5 Å². The number of morpholine rings is 1. The highest BCUT2D eigenvalue weighted by atomic mass is 35.5.